The van der Waals surface area contributed by atoms with Gasteiger partial charge in [-0.1, -0.05) is 68.4 Å². The van der Waals surface area contributed by atoms with E-state index in [0.29, 0.717) is 17.9 Å². The van der Waals surface area contributed by atoms with E-state index >= 15 is 0 Å². The number of carbonyl (C=O) groups excluding carboxylic acids is 2. The molecule has 0 fully saturated rings. The van der Waals surface area contributed by atoms with E-state index in [2.05, 4.69) is 12.2 Å². The molecule has 0 bridgehead atoms. The molecule has 6 heteroatoms. The molecular weight excluding hydrogens is 464 g/mol. The van der Waals surface area contributed by atoms with Crippen molar-refractivity contribution in [2.24, 2.45) is 0 Å². The van der Waals surface area contributed by atoms with Crippen LogP contribution in [0.2, 0.25) is 0 Å². The first-order valence-corrected chi connectivity index (χ1v) is 12.9. The minimum atomic E-state index is -0.707. The molecule has 0 saturated carbocycles. The molecular formula is C31H38N2O4. The summed E-state index contributed by atoms with van der Waals surface area (Å²) in [5, 5.41) is 3.08. The van der Waals surface area contributed by atoms with Gasteiger partial charge in [0.1, 0.15) is 17.5 Å². The minimum absolute atomic E-state index is 0.00660. The van der Waals surface area contributed by atoms with E-state index < -0.39 is 6.04 Å². The van der Waals surface area contributed by atoms with Crippen LogP contribution in [0.1, 0.15) is 43.9 Å². The number of benzene rings is 3. The van der Waals surface area contributed by atoms with Gasteiger partial charge in [-0.15, -0.1) is 0 Å². The summed E-state index contributed by atoms with van der Waals surface area (Å²) in [5.74, 6) is 0.876. The van der Waals surface area contributed by atoms with Crippen molar-refractivity contribution in [2.75, 3.05) is 13.7 Å². The third-order valence-electron chi connectivity index (χ3n) is 6.45. The zero-order valence-corrected chi connectivity index (χ0v) is 22.3. The summed E-state index contributed by atoms with van der Waals surface area (Å²) < 4.78 is 11.3. The molecule has 2 atom stereocenters. The summed E-state index contributed by atoms with van der Waals surface area (Å²) in [6, 6.07) is 24.3. The maximum Gasteiger partial charge on any atom is 0.261 e. The van der Waals surface area contributed by atoms with Crippen molar-refractivity contribution in [1.29, 1.82) is 0 Å². The molecule has 0 heterocycles. The first kappa shape index (κ1) is 27.8. The molecule has 3 aromatic rings. The lowest BCUT2D eigenvalue weighted by Gasteiger charge is -2.32. The molecule has 3 aromatic carbocycles. The fraction of sp³-hybridized carbons (Fsp3) is 0.355. The maximum absolute atomic E-state index is 13.7. The SMILES string of the molecule is CCc1ccc(OCC(=O)N(Cc2cccc(OC)c2)C(Cc2ccccc2)C(=O)NC(C)CC)cc1. The molecule has 196 valence electrons. The summed E-state index contributed by atoms with van der Waals surface area (Å²) in [5.41, 5.74) is 3.05. The summed E-state index contributed by atoms with van der Waals surface area (Å²) in [6.07, 6.45) is 2.12. The van der Waals surface area contributed by atoms with Gasteiger partial charge in [0.25, 0.3) is 5.91 Å². The van der Waals surface area contributed by atoms with E-state index in [-0.39, 0.29) is 31.0 Å². The molecule has 0 aliphatic heterocycles. The molecule has 2 amide bonds. The van der Waals surface area contributed by atoms with Crippen LogP contribution in [0.15, 0.2) is 78.9 Å². The van der Waals surface area contributed by atoms with Gasteiger partial charge in [0.05, 0.1) is 7.11 Å². The first-order chi connectivity index (χ1) is 17.9. The number of nitrogens with one attached hydrogen (secondary N) is 1. The summed E-state index contributed by atoms with van der Waals surface area (Å²) in [7, 11) is 1.61. The summed E-state index contributed by atoms with van der Waals surface area (Å²) >= 11 is 0. The van der Waals surface area contributed by atoms with Crippen LogP contribution >= 0.6 is 0 Å². The van der Waals surface area contributed by atoms with Gasteiger partial charge in [0.2, 0.25) is 5.91 Å². The number of amides is 2. The second kappa shape index (κ2) is 14.1. The number of rotatable bonds is 13. The topological polar surface area (TPSA) is 67.9 Å². The third kappa shape index (κ3) is 8.38. The van der Waals surface area contributed by atoms with Crippen molar-refractivity contribution < 1.29 is 19.1 Å². The highest BCUT2D eigenvalue weighted by Crippen LogP contribution is 2.19. The van der Waals surface area contributed by atoms with E-state index in [9.17, 15) is 9.59 Å². The highest BCUT2D eigenvalue weighted by Gasteiger charge is 2.31. The van der Waals surface area contributed by atoms with Crippen LogP contribution < -0.4 is 14.8 Å². The van der Waals surface area contributed by atoms with Gasteiger partial charge >= 0.3 is 0 Å². The minimum Gasteiger partial charge on any atom is -0.497 e. The van der Waals surface area contributed by atoms with Crippen molar-refractivity contribution in [2.45, 2.75) is 58.7 Å². The Morgan fingerprint density at radius 2 is 1.57 bits per heavy atom. The number of hydrogen-bond donors (Lipinski definition) is 1. The molecule has 6 nitrogen and oxygen atoms in total. The van der Waals surface area contributed by atoms with Crippen LogP contribution in [-0.4, -0.2) is 42.5 Å². The van der Waals surface area contributed by atoms with Crippen molar-refractivity contribution >= 4 is 11.8 Å². The second-order valence-corrected chi connectivity index (χ2v) is 9.18. The van der Waals surface area contributed by atoms with Crippen LogP contribution in [0.3, 0.4) is 0 Å². The predicted octanol–water partition coefficient (Wildman–Crippen LogP) is 5.19. The van der Waals surface area contributed by atoms with Crippen molar-refractivity contribution in [3.63, 3.8) is 0 Å². The number of ether oxygens (including phenoxy) is 2. The Balaban J connectivity index is 1.91. The Morgan fingerprint density at radius 1 is 0.865 bits per heavy atom. The van der Waals surface area contributed by atoms with Gasteiger partial charge in [-0.2, -0.15) is 0 Å². The summed E-state index contributed by atoms with van der Waals surface area (Å²) in [6.45, 7) is 6.16. The lowest BCUT2D eigenvalue weighted by atomic mass is 10.0. The molecule has 0 radical (unpaired) electrons. The predicted molar refractivity (Wildman–Crippen MR) is 147 cm³/mol. The van der Waals surface area contributed by atoms with E-state index in [1.54, 1.807) is 12.0 Å². The van der Waals surface area contributed by atoms with Gasteiger partial charge in [-0.3, -0.25) is 9.59 Å². The molecule has 1 N–H and O–H groups in total. The lowest BCUT2D eigenvalue weighted by molar-refractivity contribution is -0.143. The van der Waals surface area contributed by atoms with Crippen LogP contribution in [0.5, 0.6) is 11.5 Å². The van der Waals surface area contributed by atoms with Gasteiger partial charge in [0, 0.05) is 19.0 Å². The van der Waals surface area contributed by atoms with Crippen molar-refractivity contribution in [1.82, 2.24) is 10.2 Å². The number of methoxy groups -OCH3 is 1. The highest BCUT2D eigenvalue weighted by molar-refractivity contribution is 5.88. The quantitative estimate of drug-likeness (QED) is 0.349. The normalized spacial score (nSPS) is 12.3. The highest BCUT2D eigenvalue weighted by atomic mass is 16.5. The molecule has 0 saturated heterocycles. The van der Waals surface area contributed by atoms with Gasteiger partial charge < -0.3 is 19.7 Å². The summed E-state index contributed by atoms with van der Waals surface area (Å²) in [4.78, 5) is 28.9. The van der Waals surface area contributed by atoms with Crippen LogP contribution in [0, 0.1) is 0 Å². The van der Waals surface area contributed by atoms with E-state index in [1.165, 1.54) is 5.56 Å². The standard InChI is InChI=1S/C31H38N2O4/c1-5-23(3)32-31(35)29(20-25-11-8-7-9-12-25)33(21-26-13-10-14-28(19-26)36-4)30(34)22-37-27-17-15-24(6-2)16-18-27/h7-19,23,29H,5-6,20-22H2,1-4H3,(H,32,35). The molecule has 0 aliphatic carbocycles. The van der Waals surface area contributed by atoms with Gasteiger partial charge in [-0.25, -0.2) is 0 Å². The second-order valence-electron chi connectivity index (χ2n) is 9.18. The Morgan fingerprint density at radius 3 is 2.22 bits per heavy atom. The molecule has 3 rings (SSSR count). The van der Waals surface area contributed by atoms with E-state index in [4.69, 9.17) is 9.47 Å². The number of hydrogen-bond acceptors (Lipinski definition) is 4. The molecule has 0 spiro atoms. The van der Waals surface area contributed by atoms with E-state index in [0.717, 1.165) is 24.0 Å². The molecule has 37 heavy (non-hydrogen) atoms. The number of carbonyl (C=O) groups is 2. The smallest absolute Gasteiger partial charge is 0.261 e. The molecule has 0 aliphatic rings. The Hall–Kier alpha value is -3.80. The molecule has 0 aromatic heterocycles. The van der Waals surface area contributed by atoms with Crippen LogP contribution in [-0.2, 0) is 29.0 Å². The van der Waals surface area contributed by atoms with Crippen LogP contribution in [0.4, 0.5) is 0 Å². The fourth-order valence-corrected chi connectivity index (χ4v) is 4.01. The fourth-order valence-electron chi connectivity index (χ4n) is 4.01. The van der Waals surface area contributed by atoms with Gasteiger partial charge in [0.15, 0.2) is 6.61 Å². The molecule has 2 unspecified atom stereocenters. The first-order valence-electron chi connectivity index (χ1n) is 12.9. The zero-order valence-electron chi connectivity index (χ0n) is 22.3. The monoisotopic (exact) mass is 502 g/mol. The lowest BCUT2D eigenvalue weighted by Crippen LogP contribution is -2.53. The number of nitrogens with zero attached hydrogens (tertiary/aromatic N) is 1. The average molecular weight is 503 g/mol. The maximum atomic E-state index is 13.7. The Kier molecular flexibility index (Phi) is 10.6. The van der Waals surface area contributed by atoms with Crippen molar-refractivity contribution in [3.8, 4) is 11.5 Å². The average Bonchev–Trinajstić information content (AvgIpc) is 2.94. The van der Waals surface area contributed by atoms with Crippen molar-refractivity contribution in [3.05, 3.63) is 95.6 Å². The Bertz CT molecular complexity index is 1130. The van der Waals surface area contributed by atoms with Crippen LogP contribution in [0.25, 0.3) is 0 Å². The van der Waals surface area contributed by atoms with E-state index in [1.807, 2.05) is 92.7 Å². The van der Waals surface area contributed by atoms with Gasteiger partial charge in [-0.05, 0) is 60.7 Å². The number of aryl methyl sites for hydroxylation is 1. The largest absolute Gasteiger partial charge is 0.497 e. The third-order valence-corrected chi connectivity index (χ3v) is 6.45. The Labute approximate surface area is 220 Å². The zero-order chi connectivity index (χ0) is 26.6.